The summed E-state index contributed by atoms with van der Waals surface area (Å²) in [4.78, 5) is 0. The van der Waals surface area contributed by atoms with E-state index in [-0.39, 0.29) is 0 Å². The molecule has 3 N–H and O–H groups in total. The molecule has 0 atom stereocenters. The molecule has 1 aliphatic heterocycles. The first-order chi connectivity index (χ1) is 6.27. The van der Waals surface area contributed by atoms with Crippen LogP contribution < -0.4 is 15.8 Å². The standard InChI is InChI=1S/C9H11BrN2O/c10-7-3-6-5-12-1-2-13-9(6)8(11)4-7/h3-4,12H,1-2,5,11H2. The number of nitrogens with two attached hydrogens (primary N) is 1. The summed E-state index contributed by atoms with van der Waals surface area (Å²) in [5.74, 6) is 0.827. The number of hydrogen-bond donors (Lipinski definition) is 2. The lowest BCUT2D eigenvalue weighted by molar-refractivity contribution is 0.327. The molecule has 0 amide bonds. The van der Waals surface area contributed by atoms with Gasteiger partial charge in [0.1, 0.15) is 12.4 Å². The van der Waals surface area contributed by atoms with E-state index in [0.717, 1.165) is 28.9 Å². The Morgan fingerprint density at radius 1 is 1.46 bits per heavy atom. The van der Waals surface area contributed by atoms with Crippen molar-refractivity contribution in [3.05, 3.63) is 22.2 Å². The zero-order valence-electron chi connectivity index (χ0n) is 7.14. The summed E-state index contributed by atoms with van der Waals surface area (Å²) >= 11 is 3.40. The Hall–Kier alpha value is -0.740. The number of hydrogen-bond acceptors (Lipinski definition) is 3. The van der Waals surface area contributed by atoms with Crippen molar-refractivity contribution in [1.82, 2.24) is 5.32 Å². The van der Waals surface area contributed by atoms with Gasteiger partial charge in [0, 0.05) is 23.1 Å². The number of nitrogen functional groups attached to an aromatic ring is 1. The fourth-order valence-corrected chi connectivity index (χ4v) is 1.95. The molecule has 0 radical (unpaired) electrons. The molecule has 0 saturated heterocycles. The Kier molecular flexibility index (Phi) is 2.42. The van der Waals surface area contributed by atoms with Crippen LogP contribution in [0.2, 0.25) is 0 Å². The first-order valence-corrected chi connectivity index (χ1v) is 4.98. The summed E-state index contributed by atoms with van der Waals surface area (Å²) in [5.41, 5.74) is 7.65. The number of fused-ring (bicyclic) bond motifs is 1. The minimum Gasteiger partial charge on any atom is -0.490 e. The normalized spacial score (nSPS) is 15.8. The number of anilines is 1. The Morgan fingerprint density at radius 2 is 2.31 bits per heavy atom. The molecule has 70 valence electrons. The Balaban J connectivity index is 2.47. The average molecular weight is 243 g/mol. The molecule has 1 aromatic carbocycles. The highest BCUT2D eigenvalue weighted by Crippen LogP contribution is 2.31. The van der Waals surface area contributed by atoms with Gasteiger partial charge in [0.25, 0.3) is 0 Å². The quantitative estimate of drug-likeness (QED) is 0.679. The molecule has 0 saturated carbocycles. The fraction of sp³-hybridized carbons (Fsp3) is 0.333. The summed E-state index contributed by atoms with van der Waals surface area (Å²) in [6, 6.07) is 3.90. The molecule has 0 aromatic heterocycles. The topological polar surface area (TPSA) is 47.3 Å². The average Bonchev–Trinajstić information content (AvgIpc) is 2.28. The van der Waals surface area contributed by atoms with E-state index in [9.17, 15) is 0 Å². The Morgan fingerprint density at radius 3 is 3.15 bits per heavy atom. The SMILES string of the molecule is Nc1cc(Br)cc2c1OCCNC2. The van der Waals surface area contributed by atoms with Crippen LogP contribution in [0, 0.1) is 0 Å². The van der Waals surface area contributed by atoms with E-state index in [1.807, 2.05) is 12.1 Å². The molecule has 1 aromatic rings. The lowest BCUT2D eigenvalue weighted by atomic mass is 10.2. The minimum atomic E-state index is 0.679. The van der Waals surface area contributed by atoms with Crippen LogP contribution in [0.4, 0.5) is 5.69 Å². The van der Waals surface area contributed by atoms with Gasteiger partial charge in [0.05, 0.1) is 5.69 Å². The van der Waals surface area contributed by atoms with E-state index in [1.165, 1.54) is 0 Å². The first kappa shape index (κ1) is 8.84. The smallest absolute Gasteiger partial charge is 0.146 e. The Bertz CT molecular complexity index is 328. The highest BCUT2D eigenvalue weighted by molar-refractivity contribution is 9.10. The third kappa shape index (κ3) is 1.78. The lowest BCUT2D eigenvalue weighted by Crippen LogP contribution is -2.16. The summed E-state index contributed by atoms with van der Waals surface area (Å²) < 4.78 is 6.52. The second-order valence-electron chi connectivity index (χ2n) is 3.01. The fourth-order valence-electron chi connectivity index (χ4n) is 1.43. The first-order valence-electron chi connectivity index (χ1n) is 4.19. The maximum absolute atomic E-state index is 5.83. The summed E-state index contributed by atoms with van der Waals surface area (Å²) in [6.45, 7) is 2.36. The maximum atomic E-state index is 5.83. The van der Waals surface area contributed by atoms with Gasteiger partial charge in [-0.15, -0.1) is 0 Å². The maximum Gasteiger partial charge on any atom is 0.146 e. The van der Waals surface area contributed by atoms with Gasteiger partial charge < -0.3 is 15.8 Å². The molecule has 1 aliphatic rings. The second-order valence-corrected chi connectivity index (χ2v) is 3.92. The third-order valence-electron chi connectivity index (χ3n) is 2.00. The number of benzene rings is 1. The van der Waals surface area contributed by atoms with E-state index in [2.05, 4.69) is 21.2 Å². The summed E-state index contributed by atoms with van der Waals surface area (Å²) in [5, 5.41) is 3.26. The highest BCUT2D eigenvalue weighted by Gasteiger charge is 2.11. The van der Waals surface area contributed by atoms with Gasteiger partial charge in [-0.05, 0) is 12.1 Å². The molecular weight excluding hydrogens is 232 g/mol. The zero-order valence-corrected chi connectivity index (χ0v) is 8.73. The van der Waals surface area contributed by atoms with Crippen molar-refractivity contribution >= 4 is 21.6 Å². The molecular formula is C9H11BrN2O. The van der Waals surface area contributed by atoms with Crippen LogP contribution in [0.15, 0.2) is 16.6 Å². The van der Waals surface area contributed by atoms with Gasteiger partial charge in [-0.3, -0.25) is 0 Å². The molecule has 13 heavy (non-hydrogen) atoms. The zero-order chi connectivity index (χ0) is 9.26. The van der Waals surface area contributed by atoms with Crippen molar-refractivity contribution in [1.29, 1.82) is 0 Å². The van der Waals surface area contributed by atoms with Crippen molar-refractivity contribution in [3.8, 4) is 5.75 Å². The summed E-state index contributed by atoms with van der Waals surface area (Å²) in [6.07, 6.45) is 0. The van der Waals surface area contributed by atoms with E-state index in [1.54, 1.807) is 0 Å². The predicted octanol–water partition coefficient (Wildman–Crippen LogP) is 1.51. The molecule has 1 heterocycles. The number of nitrogens with one attached hydrogen (secondary N) is 1. The van der Waals surface area contributed by atoms with Gasteiger partial charge in [-0.25, -0.2) is 0 Å². The van der Waals surface area contributed by atoms with Crippen molar-refractivity contribution in [2.24, 2.45) is 0 Å². The van der Waals surface area contributed by atoms with Crippen molar-refractivity contribution in [3.63, 3.8) is 0 Å². The van der Waals surface area contributed by atoms with Crippen molar-refractivity contribution in [2.45, 2.75) is 6.54 Å². The predicted molar refractivity (Wildman–Crippen MR) is 55.8 cm³/mol. The van der Waals surface area contributed by atoms with E-state index in [0.29, 0.717) is 12.3 Å². The van der Waals surface area contributed by atoms with Gasteiger partial charge in [0.15, 0.2) is 0 Å². The van der Waals surface area contributed by atoms with Crippen molar-refractivity contribution in [2.75, 3.05) is 18.9 Å². The van der Waals surface area contributed by atoms with Crippen LogP contribution in [0.3, 0.4) is 0 Å². The number of ether oxygens (including phenoxy) is 1. The molecule has 0 aliphatic carbocycles. The van der Waals surface area contributed by atoms with Crippen LogP contribution in [-0.4, -0.2) is 13.2 Å². The molecule has 0 fully saturated rings. The van der Waals surface area contributed by atoms with Gasteiger partial charge >= 0.3 is 0 Å². The number of halogens is 1. The monoisotopic (exact) mass is 242 g/mol. The Labute approximate surface area is 85.4 Å². The molecule has 0 spiro atoms. The van der Waals surface area contributed by atoms with Crippen molar-refractivity contribution < 1.29 is 4.74 Å². The largest absolute Gasteiger partial charge is 0.490 e. The molecule has 0 unspecified atom stereocenters. The molecule has 0 bridgehead atoms. The highest BCUT2D eigenvalue weighted by atomic mass is 79.9. The van der Waals surface area contributed by atoms with E-state index < -0.39 is 0 Å². The lowest BCUT2D eigenvalue weighted by Gasteiger charge is -2.09. The van der Waals surface area contributed by atoms with Gasteiger partial charge in [-0.1, -0.05) is 15.9 Å². The van der Waals surface area contributed by atoms with E-state index >= 15 is 0 Å². The minimum absolute atomic E-state index is 0.679. The van der Waals surface area contributed by atoms with Crippen LogP contribution in [-0.2, 0) is 6.54 Å². The van der Waals surface area contributed by atoms with E-state index in [4.69, 9.17) is 10.5 Å². The van der Waals surface area contributed by atoms with Crippen LogP contribution in [0.25, 0.3) is 0 Å². The second kappa shape index (κ2) is 3.55. The molecule has 4 heteroatoms. The van der Waals surface area contributed by atoms with Crippen LogP contribution in [0.1, 0.15) is 5.56 Å². The van der Waals surface area contributed by atoms with Crippen LogP contribution in [0.5, 0.6) is 5.75 Å². The summed E-state index contributed by atoms with van der Waals surface area (Å²) in [7, 11) is 0. The number of rotatable bonds is 0. The molecule has 3 nitrogen and oxygen atoms in total. The van der Waals surface area contributed by atoms with Gasteiger partial charge in [0.2, 0.25) is 0 Å². The van der Waals surface area contributed by atoms with Crippen LogP contribution >= 0.6 is 15.9 Å². The third-order valence-corrected chi connectivity index (χ3v) is 2.46. The van der Waals surface area contributed by atoms with Gasteiger partial charge in [-0.2, -0.15) is 0 Å². The molecule has 2 rings (SSSR count).